The largest absolute Gasteiger partial charge is 0.351 e. The Morgan fingerprint density at radius 2 is 2.00 bits per heavy atom. The SMILES string of the molecule is CC(N)Cc1ccc(NC(N)=O)cc1. The van der Waals surface area contributed by atoms with E-state index in [0.29, 0.717) is 5.69 Å². The number of hydrogen-bond donors (Lipinski definition) is 3. The molecule has 0 spiro atoms. The van der Waals surface area contributed by atoms with Gasteiger partial charge < -0.3 is 16.8 Å². The lowest BCUT2D eigenvalue weighted by molar-refractivity contribution is 0.259. The van der Waals surface area contributed by atoms with Gasteiger partial charge in [-0.15, -0.1) is 0 Å². The van der Waals surface area contributed by atoms with Crippen LogP contribution in [0.1, 0.15) is 12.5 Å². The van der Waals surface area contributed by atoms with Crippen molar-refractivity contribution in [1.82, 2.24) is 0 Å². The Kier molecular flexibility index (Phi) is 3.48. The first-order valence-corrected chi connectivity index (χ1v) is 4.49. The van der Waals surface area contributed by atoms with Gasteiger partial charge in [0.1, 0.15) is 0 Å². The molecule has 4 nitrogen and oxygen atoms in total. The fourth-order valence-electron chi connectivity index (χ4n) is 1.24. The van der Waals surface area contributed by atoms with Gasteiger partial charge in [0.05, 0.1) is 0 Å². The summed E-state index contributed by atoms with van der Waals surface area (Å²) in [5.41, 5.74) is 12.5. The number of rotatable bonds is 3. The van der Waals surface area contributed by atoms with Crippen molar-refractivity contribution in [3.05, 3.63) is 29.8 Å². The second kappa shape index (κ2) is 4.62. The Morgan fingerprint density at radius 1 is 1.43 bits per heavy atom. The van der Waals surface area contributed by atoms with Crippen LogP contribution < -0.4 is 16.8 Å². The second-order valence-electron chi connectivity index (χ2n) is 3.37. The smallest absolute Gasteiger partial charge is 0.316 e. The van der Waals surface area contributed by atoms with Crippen LogP contribution in [-0.2, 0) is 6.42 Å². The molecule has 0 aliphatic carbocycles. The molecule has 1 atom stereocenters. The van der Waals surface area contributed by atoms with Crippen LogP contribution in [0.25, 0.3) is 0 Å². The van der Waals surface area contributed by atoms with E-state index in [2.05, 4.69) is 5.32 Å². The summed E-state index contributed by atoms with van der Waals surface area (Å²) in [6, 6.07) is 7.06. The summed E-state index contributed by atoms with van der Waals surface area (Å²) in [6.07, 6.45) is 0.830. The summed E-state index contributed by atoms with van der Waals surface area (Å²) in [7, 11) is 0. The van der Waals surface area contributed by atoms with Gasteiger partial charge in [-0.25, -0.2) is 4.79 Å². The molecule has 5 N–H and O–H groups in total. The van der Waals surface area contributed by atoms with Crippen LogP contribution >= 0.6 is 0 Å². The molecule has 0 aromatic heterocycles. The van der Waals surface area contributed by atoms with E-state index in [4.69, 9.17) is 11.5 Å². The van der Waals surface area contributed by atoms with Crippen molar-refractivity contribution in [2.45, 2.75) is 19.4 Å². The highest BCUT2D eigenvalue weighted by Crippen LogP contribution is 2.10. The summed E-state index contributed by atoms with van der Waals surface area (Å²) in [4.78, 5) is 10.5. The fraction of sp³-hybridized carbons (Fsp3) is 0.300. The molecule has 0 aliphatic heterocycles. The van der Waals surface area contributed by atoms with E-state index in [0.717, 1.165) is 12.0 Å². The van der Waals surface area contributed by atoms with E-state index in [1.165, 1.54) is 0 Å². The molecule has 0 saturated carbocycles. The minimum atomic E-state index is -0.551. The molecule has 1 aromatic carbocycles. The molecule has 0 radical (unpaired) electrons. The lowest BCUT2D eigenvalue weighted by Gasteiger charge is -2.06. The van der Waals surface area contributed by atoms with Gasteiger partial charge in [-0.3, -0.25) is 0 Å². The zero-order valence-electron chi connectivity index (χ0n) is 8.16. The Bertz CT molecular complexity index is 306. The first-order valence-electron chi connectivity index (χ1n) is 4.49. The quantitative estimate of drug-likeness (QED) is 0.671. The molecule has 0 saturated heterocycles. The molecule has 1 rings (SSSR count). The number of primary amides is 1. The van der Waals surface area contributed by atoms with Crippen LogP contribution in [0.15, 0.2) is 24.3 Å². The van der Waals surface area contributed by atoms with Gasteiger partial charge in [0.15, 0.2) is 0 Å². The van der Waals surface area contributed by atoms with Crippen molar-refractivity contribution in [2.75, 3.05) is 5.32 Å². The molecule has 0 aliphatic rings. The number of urea groups is 1. The summed E-state index contributed by atoms with van der Waals surface area (Å²) < 4.78 is 0. The number of anilines is 1. The van der Waals surface area contributed by atoms with Gasteiger partial charge in [-0.05, 0) is 31.0 Å². The van der Waals surface area contributed by atoms with E-state index >= 15 is 0 Å². The van der Waals surface area contributed by atoms with Crippen molar-refractivity contribution in [2.24, 2.45) is 11.5 Å². The van der Waals surface area contributed by atoms with Crippen molar-refractivity contribution < 1.29 is 4.79 Å². The Hall–Kier alpha value is -1.55. The molecule has 1 unspecified atom stereocenters. The van der Waals surface area contributed by atoms with Gasteiger partial charge in [-0.1, -0.05) is 12.1 Å². The zero-order chi connectivity index (χ0) is 10.6. The summed E-state index contributed by atoms with van der Waals surface area (Å²) >= 11 is 0. The van der Waals surface area contributed by atoms with E-state index in [1.807, 2.05) is 31.2 Å². The van der Waals surface area contributed by atoms with Crippen LogP contribution in [0.3, 0.4) is 0 Å². The predicted molar refractivity (Wildman–Crippen MR) is 57.0 cm³/mol. The lowest BCUT2D eigenvalue weighted by Crippen LogP contribution is -2.19. The average Bonchev–Trinajstić information content (AvgIpc) is 2.06. The molecule has 0 fully saturated rings. The number of nitrogens with two attached hydrogens (primary N) is 2. The number of benzene rings is 1. The number of nitrogens with one attached hydrogen (secondary N) is 1. The second-order valence-corrected chi connectivity index (χ2v) is 3.37. The lowest BCUT2D eigenvalue weighted by atomic mass is 10.1. The molecule has 0 bridgehead atoms. The van der Waals surface area contributed by atoms with E-state index in [-0.39, 0.29) is 6.04 Å². The molecule has 4 heteroatoms. The molecular weight excluding hydrogens is 178 g/mol. The van der Waals surface area contributed by atoms with Crippen LogP contribution in [0.2, 0.25) is 0 Å². The van der Waals surface area contributed by atoms with Crippen molar-refractivity contribution >= 4 is 11.7 Å². The molecular formula is C10H15N3O. The first kappa shape index (κ1) is 10.5. The Balaban J connectivity index is 2.63. The van der Waals surface area contributed by atoms with E-state index in [1.54, 1.807) is 0 Å². The van der Waals surface area contributed by atoms with Gasteiger partial charge in [0.25, 0.3) is 0 Å². The predicted octanol–water partition coefficient (Wildman–Crippen LogP) is 1.07. The summed E-state index contributed by atoms with van der Waals surface area (Å²) in [5.74, 6) is 0. The molecule has 14 heavy (non-hydrogen) atoms. The van der Waals surface area contributed by atoms with Gasteiger partial charge in [-0.2, -0.15) is 0 Å². The highest BCUT2D eigenvalue weighted by Gasteiger charge is 1.99. The normalized spacial score (nSPS) is 12.1. The third kappa shape index (κ3) is 3.45. The maximum absolute atomic E-state index is 10.5. The zero-order valence-corrected chi connectivity index (χ0v) is 8.16. The standard InChI is InChI=1S/C10H15N3O/c1-7(11)6-8-2-4-9(5-3-8)13-10(12)14/h2-5,7H,6,11H2,1H3,(H3,12,13,14). The highest BCUT2D eigenvalue weighted by molar-refractivity contribution is 5.87. The van der Waals surface area contributed by atoms with Crippen molar-refractivity contribution in [1.29, 1.82) is 0 Å². The Labute approximate surface area is 83.3 Å². The van der Waals surface area contributed by atoms with Crippen molar-refractivity contribution in [3.63, 3.8) is 0 Å². The molecule has 0 heterocycles. The molecule has 2 amide bonds. The summed E-state index contributed by atoms with van der Waals surface area (Å²) in [6.45, 7) is 1.95. The Morgan fingerprint density at radius 3 is 2.43 bits per heavy atom. The number of carbonyl (C=O) groups excluding carboxylic acids is 1. The van der Waals surface area contributed by atoms with Gasteiger partial charge in [0.2, 0.25) is 0 Å². The monoisotopic (exact) mass is 193 g/mol. The van der Waals surface area contributed by atoms with Crippen LogP contribution in [-0.4, -0.2) is 12.1 Å². The number of hydrogen-bond acceptors (Lipinski definition) is 2. The number of amides is 2. The molecule has 1 aromatic rings. The van der Waals surface area contributed by atoms with Gasteiger partial charge in [0, 0.05) is 11.7 Å². The average molecular weight is 193 g/mol. The molecule has 76 valence electrons. The van der Waals surface area contributed by atoms with Gasteiger partial charge >= 0.3 is 6.03 Å². The minimum absolute atomic E-state index is 0.143. The minimum Gasteiger partial charge on any atom is -0.351 e. The van der Waals surface area contributed by atoms with Crippen molar-refractivity contribution in [3.8, 4) is 0 Å². The van der Waals surface area contributed by atoms with Crippen LogP contribution in [0.4, 0.5) is 10.5 Å². The van der Waals surface area contributed by atoms with Crippen LogP contribution in [0.5, 0.6) is 0 Å². The third-order valence-corrected chi connectivity index (χ3v) is 1.78. The topological polar surface area (TPSA) is 81.1 Å². The maximum Gasteiger partial charge on any atom is 0.316 e. The van der Waals surface area contributed by atoms with E-state index in [9.17, 15) is 4.79 Å². The summed E-state index contributed by atoms with van der Waals surface area (Å²) in [5, 5.41) is 2.49. The highest BCUT2D eigenvalue weighted by atomic mass is 16.2. The third-order valence-electron chi connectivity index (χ3n) is 1.78. The fourth-order valence-corrected chi connectivity index (χ4v) is 1.24. The first-order chi connectivity index (χ1) is 6.58. The maximum atomic E-state index is 10.5. The number of carbonyl (C=O) groups is 1. The van der Waals surface area contributed by atoms with E-state index < -0.39 is 6.03 Å². The van der Waals surface area contributed by atoms with Crippen LogP contribution in [0, 0.1) is 0 Å².